The van der Waals surface area contributed by atoms with Gasteiger partial charge in [0.15, 0.2) is 0 Å². The van der Waals surface area contributed by atoms with Gasteiger partial charge in [0, 0.05) is 47.2 Å². The summed E-state index contributed by atoms with van der Waals surface area (Å²) in [5.74, 6) is -0.208. The number of hydrogen-bond acceptors (Lipinski definition) is 3. The van der Waals surface area contributed by atoms with Crippen LogP contribution < -0.4 is 10.2 Å². The number of anilines is 2. The van der Waals surface area contributed by atoms with Gasteiger partial charge in [0.05, 0.1) is 0 Å². The highest BCUT2D eigenvalue weighted by Crippen LogP contribution is 2.46. The lowest BCUT2D eigenvalue weighted by atomic mass is 9.76. The van der Waals surface area contributed by atoms with E-state index in [0.717, 1.165) is 48.9 Å². The highest BCUT2D eigenvalue weighted by Gasteiger charge is 2.42. The van der Waals surface area contributed by atoms with E-state index >= 15 is 0 Å². The first-order valence-corrected chi connectivity index (χ1v) is 14.0. The van der Waals surface area contributed by atoms with Gasteiger partial charge in [0.25, 0.3) is 11.8 Å². The molecule has 5 nitrogen and oxygen atoms in total. The Balaban J connectivity index is 1.22. The van der Waals surface area contributed by atoms with Crippen molar-refractivity contribution in [2.24, 2.45) is 10.4 Å². The fourth-order valence-corrected chi connectivity index (χ4v) is 6.45. The van der Waals surface area contributed by atoms with Crippen molar-refractivity contribution in [2.45, 2.75) is 32.1 Å². The molecule has 40 heavy (non-hydrogen) atoms. The number of nitrogens with one attached hydrogen (secondary N) is 1. The predicted octanol–water partition coefficient (Wildman–Crippen LogP) is 7.44. The Morgan fingerprint density at radius 1 is 0.825 bits per heavy atom. The largest absolute Gasteiger partial charge is 0.322 e. The number of aliphatic imine (C=N–C) groups is 1. The van der Waals surface area contributed by atoms with Gasteiger partial charge >= 0.3 is 0 Å². The maximum absolute atomic E-state index is 13.8. The van der Waals surface area contributed by atoms with Gasteiger partial charge in [-0.2, -0.15) is 0 Å². The van der Waals surface area contributed by atoms with Crippen LogP contribution in [0, 0.1) is 5.41 Å². The van der Waals surface area contributed by atoms with Crippen LogP contribution in [0.2, 0.25) is 0 Å². The van der Waals surface area contributed by atoms with E-state index in [2.05, 4.69) is 28.5 Å². The molecule has 2 aliphatic rings. The Labute approximate surface area is 235 Å². The lowest BCUT2D eigenvalue weighted by Crippen LogP contribution is -2.35. The molecule has 1 unspecified atom stereocenters. The SMILES string of the molecule is CN=C1CCCC12CCN(C(=O)c1ccc(NC(=O)c3ccccc3-c3ccccc3)cc1)c1ccccc1C2. The van der Waals surface area contributed by atoms with E-state index in [4.69, 9.17) is 0 Å². The summed E-state index contributed by atoms with van der Waals surface area (Å²) in [7, 11) is 1.91. The molecule has 0 bridgehead atoms. The molecule has 4 aromatic carbocycles. The van der Waals surface area contributed by atoms with Crippen LogP contribution in [0.15, 0.2) is 108 Å². The van der Waals surface area contributed by atoms with Gasteiger partial charge < -0.3 is 10.2 Å². The maximum atomic E-state index is 13.8. The topological polar surface area (TPSA) is 61.8 Å². The molecule has 0 aromatic heterocycles. The average Bonchev–Trinajstić information content (AvgIpc) is 3.32. The lowest BCUT2D eigenvalue weighted by molar-refractivity contribution is 0.0984. The smallest absolute Gasteiger partial charge is 0.258 e. The van der Waals surface area contributed by atoms with Crippen molar-refractivity contribution in [1.29, 1.82) is 0 Å². The number of fused-ring (bicyclic) bond motifs is 1. The molecule has 1 aliphatic carbocycles. The van der Waals surface area contributed by atoms with Crippen molar-refractivity contribution in [3.05, 3.63) is 120 Å². The normalized spacial score (nSPS) is 19.3. The molecular weight excluding hydrogens is 494 g/mol. The predicted molar refractivity (Wildman–Crippen MR) is 162 cm³/mol. The molecule has 2 amide bonds. The Bertz CT molecular complexity index is 1580. The quantitative estimate of drug-likeness (QED) is 0.300. The molecule has 0 saturated heterocycles. The minimum Gasteiger partial charge on any atom is -0.322 e. The fourth-order valence-electron chi connectivity index (χ4n) is 6.45. The van der Waals surface area contributed by atoms with Crippen LogP contribution in [0.25, 0.3) is 11.1 Å². The molecule has 1 N–H and O–H groups in total. The zero-order valence-electron chi connectivity index (χ0n) is 22.8. The van der Waals surface area contributed by atoms with Crippen molar-refractivity contribution in [1.82, 2.24) is 0 Å². The first kappa shape index (κ1) is 25.8. The van der Waals surface area contributed by atoms with Gasteiger partial charge in [-0.1, -0.05) is 66.7 Å². The summed E-state index contributed by atoms with van der Waals surface area (Å²) in [4.78, 5) is 33.7. The zero-order chi connectivity index (χ0) is 27.5. The lowest BCUT2D eigenvalue weighted by Gasteiger charge is -2.29. The van der Waals surface area contributed by atoms with E-state index in [0.29, 0.717) is 23.4 Å². The molecule has 200 valence electrons. The molecule has 1 atom stereocenters. The number of hydrogen-bond donors (Lipinski definition) is 1. The number of carbonyl (C=O) groups excluding carboxylic acids is 2. The van der Waals surface area contributed by atoms with E-state index in [1.165, 1.54) is 11.3 Å². The molecule has 1 aliphatic heterocycles. The van der Waals surface area contributed by atoms with E-state index in [1.807, 2.05) is 72.6 Å². The van der Waals surface area contributed by atoms with Gasteiger partial charge in [0.2, 0.25) is 0 Å². The van der Waals surface area contributed by atoms with Gasteiger partial charge in [-0.05, 0) is 85.2 Å². The van der Waals surface area contributed by atoms with Crippen LogP contribution in [0.4, 0.5) is 11.4 Å². The summed E-state index contributed by atoms with van der Waals surface area (Å²) >= 11 is 0. The molecule has 1 spiro atoms. The minimum atomic E-state index is -0.185. The third-order valence-corrected chi connectivity index (χ3v) is 8.47. The number of rotatable bonds is 4. The number of benzene rings is 4. The van der Waals surface area contributed by atoms with Crippen molar-refractivity contribution in [2.75, 3.05) is 23.8 Å². The Morgan fingerprint density at radius 2 is 1.55 bits per heavy atom. The number of amides is 2. The second-order valence-electron chi connectivity index (χ2n) is 10.8. The second kappa shape index (κ2) is 10.9. The van der Waals surface area contributed by atoms with Gasteiger partial charge in [0.1, 0.15) is 0 Å². The molecular formula is C35H33N3O2. The van der Waals surface area contributed by atoms with Crippen LogP contribution in [0.1, 0.15) is 52.0 Å². The first-order chi connectivity index (χ1) is 19.6. The number of nitrogens with zero attached hydrogens (tertiary/aromatic N) is 2. The van der Waals surface area contributed by atoms with Crippen molar-refractivity contribution in [3.63, 3.8) is 0 Å². The summed E-state index contributed by atoms with van der Waals surface area (Å²) < 4.78 is 0. The monoisotopic (exact) mass is 527 g/mol. The van der Waals surface area contributed by atoms with Crippen LogP contribution in [0.3, 0.4) is 0 Å². The summed E-state index contributed by atoms with van der Waals surface area (Å²) in [5, 5.41) is 3.01. The van der Waals surface area contributed by atoms with E-state index in [-0.39, 0.29) is 17.2 Å². The highest BCUT2D eigenvalue weighted by molar-refractivity contribution is 6.10. The molecule has 5 heteroatoms. The highest BCUT2D eigenvalue weighted by atomic mass is 16.2. The molecule has 1 saturated carbocycles. The van der Waals surface area contributed by atoms with Gasteiger partial charge in [-0.3, -0.25) is 14.6 Å². The van der Waals surface area contributed by atoms with Crippen LogP contribution >= 0.6 is 0 Å². The fraction of sp³-hybridized carbons (Fsp3) is 0.229. The maximum Gasteiger partial charge on any atom is 0.258 e. The number of carbonyl (C=O) groups is 2. The van der Waals surface area contributed by atoms with Crippen LogP contribution in [-0.4, -0.2) is 31.1 Å². The van der Waals surface area contributed by atoms with E-state index < -0.39 is 0 Å². The Morgan fingerprint density at radius 3 is 2.35 bits per heavy atom. The molecule has 1 heterocycles. The third kappa shape index (κ3) is 4.84. The van der Waals surface area contributed by atoms with Crippen LogP contribution in [-0.2, 0) is 6.42 Å². The molecule has 1 fully saturated rings. The Kier molecular flexibility index (Phi) is 7.04. The van der Waals surface area contributed by atoms with Crippen molar-refractivity contribution in [3.8, 4) is 11.1 Å². The van der Waals surface area contributed by atoms with Crippen LogP contribution in [0.5, 0.6) is 0 Å². The summed E-state index contributed by atoms with van der Waals surface area (Å²) in [6, 6.07) is 33.0. The molecule has 0 radical (unpaired) electrons. The second-order valence-corrected chi connectivity index (χ2v) is 10.8. The minimum absolute atomic E-state index is 0.0233. The first-order valence-electron chi connectivity index (χ1n) is 14.0. The average molecular weight is 528 g/mol. The number of para-hydroxylation sites is 1. The summed E-state index contributed by atoms with van der Waals surface area (Å²) in [6.07, 6.45) is 5.17. The third-order valence-electron chi connectivity index (χ3n) is 8.47. The summed E-state index contributed by atoms with van der Waals surface area (Å²) in [6.45, 7) is 0.656. The standard InChI is InChI=1S/C35H33N3O2/c1-36-32-16-9-21-35(32)22-23-38(31-15-8-5-12-27(31)24-35)34(40)26-17-19-28(20-18-26)37-33(39)30-14-7-6-13-29(30)25-10-3-2-4-11-25/h2-8,10-15,17-20H,9,16,21-24H2,1H3,(H,37,39). The molecule has 4 aromatic rings. The molecule has 6 rings (SSSR count). The van der Waals surface area contributed by atoms with E-state index in [1.54, 1.807) is 24.3 Å². The zero-order valence-corrected chi connectivity index (χ0v) is 22.8. The van der Waals surface area contributed by atoms with Crippen molar-refractivity contribution < 1.29 is 9.59 Å². The van der Waals surface area contributed by atoms with Gasteiger partial charge in [-0.25, -0.2) is 0 Å². The summed E-state index contributed by atoms with van der Waals surface area (Å²) in [5.41, 5.74) is 7.26. The van der Waals surface area contributed by atoms with E-state index in [9.17, 15) is 9.59 Å². The van der Waals surface area contributed by atoms with Crippen molar-refractivity contribution >= 4 is 28.9 Å². The van der Waals surface area contributed by atoms with Gasteiger partial charge in [-0.15, -0.1) is 0 Å². The Hall–Kier alpha value is -4.51.